The van der Waals surface area contributed by atoms with E-state index in [2.05, 4.69) is 57.2 Å². The molecule has 428 valence electrons. The van der Waals surface area contributed by atoms with Gasteiger partial charge in [-0.1, -0.05) is 314 Å². The summed E-state index contributed by atoms with van der Waals surface area (Å²) in [7, 11) is 0. The molecular formula is C67H124O6. The van der Waals surface area contributed by atoms with Gasteiger partial charge in [0.2, 0.25) is 0 Å². The molecule has 0 amide bonds. The Morgan fingerprint density at radius 2 is 0.493 bits per heavy atom. The minimum atomic E-state index is -0.768. The Morgan fingerprint density at radius 3 is 0.767 bits per heavy atom. The molecule has 0 radical (unpaired) electrons. The quantitative estimate of drug-likeness (QED) is 0.0261. The van der Waals surface area contributed by atoms with Crippen LogP contribution in [-0.2, 0) is 28.6 Å². The SMILES string of the molecule is CCCCCCC/C=C\C/C=C\C/C=C\CCCCCCCCCCCCCCC(=O)OCC(COC(=O)CCCCCCCCCCCCC)OC(=O)CCCCCCCCCCCCCCCCCCC. The van der Waals surface area contributed by atoms with Crippen molar-refractivity contribution in [1.29, 1.82) is 0 Å². The predicted octanol–water partition coefficient (Wildman–Crippen LogP) is 22.0. The van der Waals surface area contributed by atoms with Crippen LogP contribution in [-0.4, -0.2) is 37.2 Å². The van der Waals surface area contributed by atoms with E-state index in [0.29, 0.717) is 19.3 Å². The summed E-state index contributed by atoms with van der Waals surface area (Å²) in [6, 6.07) is 0. The molecule has 0 aliphatic carbocycles. The molecule has 0 aliphatic heterocycles. The van der Waals surface area contributed by atoms with Crippen molar-refractivity contribution in [2.45, 2.75) is 361 Å². The minimum Gasteiger partial charge on any atom is -0.462 e. The molecule has 0 heterocycles. The predicted molar refractivity (Wildman–Crippen MR) is 316 cm³/mol. The van der Waals surface area contributed by atoms with Gasteiger partial charge < -0.3 is 14.2 Å². The first-order valence-corrected chi connectivity index (χ1v) is 32.5. The fourth-order valence-corrected chi connectivity index (χ4v) is 9.75. The maximum absolute atomic E-state index is 12.9. The van der Waals surface area contributed by atoms with Crippen LogP contribution in [0.25, 0.3) is 0 Å². The Labute approximate surface area is 455 Å². The van der Waals surface area contributed by atoms with Crippen LogP contribution in [0.2, 0.25) is 0 Å². The number of ether oxygens (including phenoxy) is 3. The lowest BCUT2D eigenvalue weighted by atomic mass is 10.0. The normalized spacial score (nSPS) is 12.2. The van der Waals surface area contributed by atoms with Crippen LogP contribution in [0.4, 0.5) is 0 Å². The number of esters is 3. The van der Waals surface area contributed by atoms with Crippen molar-refractivity contribution in [3.8, 4) is 0 Å². The van der Waals surface area contributed by atoms with Gasteiger partial charge >= 0.3 is 17.9 Å². The third-order valence-corrected chi connectivity index (χ3v) is 14.6. The largest absolute Gasteiger partial charge is 0.462 e. The zero-order valence-corrected chi connectivity index (χ0v) is 49.2. The Hall–Kier alpha value is -2.37. The van der Waals surface area contributed by atoms with Crippen molar-refractivity contribution >= 4 is 17.9 Å². The van der Waals surface area contributed by atoms with Crippen LogP contribution < -0.4 is 0 Å². The van der Waals surface area contributed by atoms with Crippen molar-refractivity contribution in [2.75, 3.05) is 13.2 Å². The second-order valence-electron chi connectivity index (χ2n) is 22.0. The first-order valence-electron chi connectivity index (χ1n) is 32.5. The molecule has 0 aromatic heterocycles. The highest BCUT2D eigenvalue weighted by atomic mass is 16.6. The van der Waals surface area contributed by atoms with Crippen molar-refractivity contribution in [3.05, 3.63) is 36.5 Å². The molecule has 6 heteroatoms. The van der Waals surface area contributed by atoms with Crippen molar-refractivity contribution in [1.82, 2.24) is 0 Å². The van der Waals surface area contributed by atoms with Crippen LogP contribution in [0.3, 0.4) is 0 Å². The van der Waals surface area contributed by atoms with Crippen molar-refractivity contribution in [2.24, 2.45) is 0 Å². The molecule has 0 N–H and O–H groups in total. The number of carbonyl (C=O) groups excluding carboxylic acids is 3. The molecule has 1 atom stereocenters. The van der Waals surface area contributed by atoms with Crippen LogP contribution >= 0.6 is 0 Å². The topological polar surface area (TPSA) is 78.9 Å². The van der Waals surface area contributed by atoms with Crippen LogP contribution in [0.1, 0.15) is 355 Å². The molecule has 0 spiro atoms. The number of allylic oxidation sites excluding steroid dienone is 6. The lowest BCUT2D eigenvalue weighted by Crippen LogP contribution is -2.30. The summed E-state index contributed by atoms with van der Waals surface area (Å²) in [5, 5.41) is 0. The zero-order valence-electron chi connectivity index (χ0n) is 49.2. The van der Waals surface area contributed by atoms with Gasteiger partial charge in [0.15, 0.2) is 6.10 Å². The first kappa shape index (κ1) is 70.6. The third-order valence-electron chi connectivity index (χ3n) is 14.6. The van der Waals surface area contributed by atoms with Gasteiger partial charge in [0.05, 0.1) is 0 Å². The molecule has 0 fully saturated rings. The molecule has 0 saturated heterocycles. The number of carbonyl (C=O) groups is 3. The summed E-state index contributed by atoms with van der Waals surface area (Å²) in [5.41, 5.74) is 0. The Balaban J connectivity index is 4.19. The average molecular weight is 1030 g/mol. The van der Waals surface area contributed by atoms with Gasteiger partial charge in [-0.2, -0.15) is 0 Å². The number of unbranched alkanes of at least 4 members (excludes halogenated alkanes) is 43. The van der Waals surface area contributed by atoms with Crippen LogP contribution in [0.5, 0.6) is 0 Å². The highest BCUT2D eigenvalue weighted by Gasteiger charge is 2.19. The van der Waals surface area contributed by atoms with E-state index in [1.54, 1.807) is 0 Å². The number of rotatable bonds is 60. The van der Waals surface area contributed by atoms with E-state index in [1.165, 1.54) is 244 Å². The average Bonchev–Trinajstić information content (AvgIpc) is 3.39. The minimum absolute atomic E-state index is 0.0666. The monoisotopic (exact) mass is 1020 g/mol. The fourth-order valence-electron chi connectivity index (χ4n) is 9.75. The number of hydrogen-bond acceptors (Lipinski definition) is 6. The van der Waals surface area contributed by atoms with E-state index < -0.39 is 6.10 Å². The summed E-state index contributed by atoms with van der Waals surface area (Å²) in [4.78, 5) is 38.2. The lowest BCUT2D eigenvalue weighted by Gasteiger charge is -2.18. The Kier molecular flexibility index (Phi) is 60.2. The first-order chi connectivity index (χ1) is 36.0. The molecule has 0 bridgehead atoms. The van der Waals surface area contributed by atoms with Gasteiger partial charge in [-0.05, 0) is 57.8 Å². The zero-order chi connectivity index (χ0) is 52.9. The third kappa shape index (κ3) is 60.4. The molecular weight excluding hydrogens is 901 g/mol. The molecule has 0 saturated carbocycles. The molecule has 0 aliphatic rings. The maximum Gasteiger partial charge on any atom is 0.306 e. The second-order valence-corrected chi connectivity index (χ2v) is 22.0. The highest BCUT2D eigenvalue weighted by molar-refractivity contribution is 5.71. The van der Waals surface area contributed by atoms with Gasteiger partial charge in [0.25, 0.3) is 0 Å². The molecule has 1 unspecified atom stereocenters. The van der Waals surface area contributed by atoms with E-state index in [9.17, 15) is 14.4 Å². The molecule has 73 heavy (non-hydrogen) atoms. The van der Waals surface area contributed by atoms with E-state index in [0.717, 1.165) is 70.6 Å². The molecule has 0 aromatic carbocycles. The van der Waals surface area contributed by atoms with Crippen molar-refractivity contribution in [3.63, 3.8) is 0 Å². The fraction of sp³-hybridized carbons (Fsp3) is 0.866. The summed E-state index contributed by atoms with van der Waals surface area (Å²) < 4.78 is 16.9. The summed E-state index contributed by atoms with van der Waals surface area (Å²) in [5.74, 6) is -0.845. The van der Waals surface area contributed by atoms with Crippen LogP contribution in [0, 0.1) is 0 Å². The van der Waals surface area contributed by atoms with Gasteiger partial charge in [-0.25, -0.2) is 0 Å². The van der Waals surface area contributed by atoms with Crippen LogP contribution in [0.15, 0.2) is 36.5 Å². The van der Waals surface area contributed by atoms with Gasteiger partial charge in [0.1, 0.15) is 13.2 Å². The second kappa shape index (κ2) is 62.2. The molecule has 6 nitrogen and oxygen atoms in total. The Bertz CT molecular complexity index is 1220. The van der Waals surface area contributed by atoms with E-state index in [1.807, 2.05) is 0 Å². The summed E-state index contributed by atoms with van der Waals surface area (Å²) >= 11 is 0. The van der Waals surface area contributed by atoms with Gasteiger partial charge in [-0.15, -0.1) is 0 Å². The smallest absolute Gasteiger partial charge is 0.306 e. The summed E-state index contributed by atoms with van der Waals surface area (Å²) in [6.45, 7) is 6.68. The van der Waals surface area contributed by atoms with E-state index >= 15 is 0 Å². The van der Waals surface area contributed by atoms with Gasteiger partial charge in [0, 0.05) is 19.3 Å². The lowest BCUT2D eigenvalue weighted by molar-refractivity contribution is -0.167. The summed E-state index contributed by atoms with van der Waals surface area (Å²) in [6.07, 6.45) is 75.8. The Morgan fingerprint density at radius 1 is 0.274 bits per heavy atom. The highest BCUT2D eigenvalue weighted by Crippen LogP contribution is 2.18. The standard InChI is InChI=1S/C67H124O6/c1-4-7-10-13-16-19-22-24-26-28-29-30-31-32-33-34-35-36-37-39-40-42-45-48-51-54-57-60-66(69)72-63-64(62-71-65(68)59-56-53-50-47-44-21-18-15-12-9-6-3)73-67(70)61-58-55-52-49-46-43-41-38-27-25-23-20-17-14-11-8-5-2/h22,24,28-29,31-32,64H,4-21,23,25-27,30,33-63H2,1-3H3/b24-22-,29-28-,32-31-. The maximum atomic E-state index is 12.9. The number of hydrogen-bond donors (Lipinski definition) is 0. The van der Waals surface area contributed by atoms with Crippen molar-refractivity contribution < 1.29 is 28.6 Å². The molecule has 0 rings (SSSR count). The van der Waals surface area contributed by atoms with E-state index in [-0.39, 0.29) is 31.1 Å². The van der Waals surface area contributed by atoms with E-state index in [4.69, 9.17) is 14.2 Å². The molecule has 0 aromatic rings. The van der Waals surface area contributed by atoms with Gasteiger partial charge in [-0.3, -0.25) is 14.4 Å².